The average Bonchev–Trinajstić information content (AvgIpc) is 3.05. The number of hydrogen-bond donors (Lipinski definition) is 1. The van der Waals surface area contributed by atoms with Crippen molar-refractivity contribution in [2.75, 3.05) is 33.5 Å². The van der Waals surface area contributed by atoms with Crippen molar-refractivity contribution >= 4 is 17.4 Å². The fraction of sp³-hybridized carbons (Fsp3) is 0.360. The van der Waals surface area contributed by atoms with E-state index in [0.29, 0.717) is 55.4 Å². The predicted octanol–water partition coefficient (Wildman–Crippen LogP) is 3.94. The van der Waals surface area contributed by atoms with Crippen molar-refractivity contribution in [3.8, 4) is 11.5 Å². The van der Waals surface area contributed by atoms with E-state index in [1.165, 1.54) is 4.90 Å². The van der Waals surface area contributed by atoms with Gasteiger partial charge in [-0.1, -0.05) is 24.3 Å². The van der Waals surface area contributed by atoms with E-state index in [1.54, 1.807) is 43.5 Å². The fourth-order valence-electron chi connectivity index (χ4n) is 3.80. The second-order valence-corrected chi connectivity index (χ2v) is 7.30. The molecule has 1 unspecified atom stereocenters. The van der Waals surface area contributed by atoms with Gasteiger partial charge in [0.15, 0.2) is 0 Å². The smallest absolute Gasteiger partial charge is 0.295 e. The summed E-state index contributed by atoms with van der Waals surface area (Å²) in [5.74, 6) is -0.304. The van der Waals surface area contributed by atoms with E-state index in [-0.39, 0.29) is 11.3 Å². The summed E-state index contributed by atoms with van der Waals surface area (Å²) < 4.78 is 16.1. The van der Waals surface area contributed by atoms with Crippen LogP contribution in [0.1, 0.15) is 37.4 Å². The molecule has 1 fully saturated rings. The SMILES string of the molecule is CCOc1ccc(C2/C(=C(/O)c3cccc(OCC)c3)C(=O)C(=O)N2CCCOC)cc1. The van der Waals surface area contributed by atoms with Crippen molar-refractivity contribution in [2.24, 2.45) is 0 Å². The molecule has 0 bridgehead atoms. The third kappa shape index (κ3) is 4.94. The Bertz CT molecular complexity index is 982. The van der Waals surface area contributed by atoms with E-state index in [9.17, 15) is 14.7 Å². The number of amides is 1. The minimum Gasteiger partial charge on any atom is -0.507 e. The molecule has 0 saturated carbocycles. The second-order valence-electron chi connectivity index (χ2n) is 7.30. The lowest BCUT2D eigenvalue weighted by molar-refractivity contribution is -0.140. The fourth-order valence-corrected chi connectivity index (χ4v) is 3.80. The van der Waals surface area contributed by atoms with Gasteiger partial charge in [-0.25, -0.2) is 0 Å². The van der Waals surface area contributed by atoms with Gasteiger partial charge in [0.2, 0.25) is 0 Å². The van der Waals surface area contributed by atoms with E-state index in [2.05, 4.69) is 0 Å². The number of benzene rings is 2. The van der Waals surface area contributed by atoms with E-state index in [0.717, 1.165) is 0 Å². The Balaban J connectivity index is 2.08. The van der Waals surface area contributed by atoms with Crippen molar-refractivity contribution in [3.05, 3.63) is 65.2 Å². The van der Waals surface area contributed by atoms with Gasteiger partial charge < -0.3 is 24.2 Å². The maximum absolute atomic E-state index is 13.0. The van der Waals surface area contributed by atoms with Crippen LogP contribution in [0.4, 0.5) is 0 Å². The molecule has 0 radical (unpaired) electrons. The molecule has 170 valence electrons. The quantitative estimate of drug-likeness (QED) is 0.261. The van der Waals surface area contributed by atoms with E-state index in [4.69, 9.17) is 14.2 Å². The van der Waals surface area contributed by atoms with Crippen molar-refractivity contribution < 1.29 is 28.9 Å². The molecular weight excluding hydrogens is 410 g/mol. The Kier molecular flexibility index (Phi) is 7.89. The molecule has 7 heteroatoms. The van der Waals surface area contributed by atoms with Crippen molar-refractivity contribution in [3.63, 3.8) is 0 Å². The van der Waals surface area contributed by atoms with E-state index < -0.39 is 17.7 Å². The molecule has 1 saturated heterocycles. The molecule has 32 heavy (non-hydrogen) atoms. The maximum atomic E-state index is 13.0. The maximum Gasteiger partial charge on any atom is 0.295 e. The molecule has 0 aliphatic carbocycles. The summed E-state index contributed by atoms with van der Waals surface area (Å²) in [7, 11) is 1.59. The number of Topliss-reactive ketones (excluding diaryl/α,β-unsaturated/α-hetero) is 1. The summed E-state index contributed by atoms with van der Waals surface area (Å²) in [6.07, 6.45) is 0.566. The van der Waals surface area contributed by atoms with Crippen LogP contribution in [0.15, 0.2) is 54.1 Å². The number of aliphatic hydroxyl groups excluding tert-OH is 1. The molecule has 1 heterocycles. The number of carbonyl (C=O) groups excluding carboxylic acids is 2. The van der Waals surface area contributed by atoms with Gasteiger partial charge in [0.1, 0.15) is 17.3 Å². The molecule has 2 aromatic rings. The van der Waals surface area contributed by atoms with Crippen LogP contribution in [-0.4, -0.2) is 55.2 Å². The van der Waals surface area contributed by atoms with Gasteiger partial charge in [0.25, 0.3) is 11.7 Å². The minimum absolute atomic E-state index is 0.0604. The van der Waals surface area contributed by atoms with Crippen LogP contribution >= 0.6 is 0 Å². The zero-order valence-electron chi connectivity index (χ0n) is 18.7. The summed E-state index contributed by atoms with van der Waals surface area (Å²) in [5.41, 5.74) is 1.19. The Hall–Kier alpha value is -3.32. The second kappa shape index (κ2) is 10.8. The number of rotatable bonds is 10. The number of hydrogen-bond acceptors (Lipinski definition) is 6. The highest BCUT2D eigenvalue weighted by molar-refractivity contribution is 6.46. The van der Waals surface area contributed by atoms with Crippen LogP contribution in [-0.2, 0) is 14.3 Å². The molecule has 0 aromatic heterocycles. The lowest BCUT2D eigenvalue weighted by Crippen LogP contribution is -2.31. The molecular formula is C25H29NO6. The minimum atomic E-state index is -0.710. The summed E-state index contributed by atoms with van der Waals surface area (Å²) >= 11 is 0. The number of nitrogens with zero attached hydrogens (tertiary/aromatic N) is 1. The van der Waals surface area contributed by atoms with E-state index >= 15 is 0 Å². The number of ketones is 1. The first-order chi connectivity index (χ1) is 15.5. The molecule has 7 nitrogen and oxygen atoms in total. The van der Waals surface area contributed by atoms with Gasteiger partial charge in [-0.2, -0.15) is 0 Å². The molecule has 1 amide bonds. The molecule has 1 N–H and O–H groups in total. The zero-order valence-corrected chi connectivity index (χ0v) is 18.7. The van der Waals surface area contributed by atoms with Gasteiger partial charge in [-0.05, 0) is 50.1 Å². The standard InChI is InChI=1S/C25H29NO6/c1-4-31-19-12-10-17(11-13-19)22-21(24(28)25(29)26(22)14-7-15-30-3)23(27)18-8-6-9-20(16-18)32-5-2/h6,8-13,16,22,27H,4-5,7,14-15H2,1-3H3/b23-21-. The van der Waals surface area contributed by atoms with Gasteiger partial charge in [0.05, 0.1) is 24.8 Å². The van der Waals surface area contributed by atoms with Crippen LogP contribution in [0.25, 0.3) is 5.76 Å². The number of carbonyl (C=O) groups is 2. The Morgan fingerprint density at radius 3 is 2.34 bits per heavy atom. The Morgan fingerprint density at radius 2 is 1.69 bits per heavy atom. The van der Waals surface area contributed by atoms with Gasteiger partial charge in [-0.15, -0.1) is 0 Å². The summed E-state index contributed by atoms with van der Waals surface area (Å²) in [6, 6.07) is 13.4. The highest BCUT2D eigenvalue weighted by atomic mass is 16.5. The number of aliphatic hydroxyl groups is 1. The average molecular weight is 440 g/mol. The number of ether oxygens (including phenoxy) is 3. The third-order valence-corrected chi connectivity index (χ3v) is 5.21. The Labute approximate surface area is 188 Å². The summed E-state index contributed by atoms with van der Waals surface area (Å²) in [4.78, 5) is 27.4. The monoisotopic (exact) mass is 439 g/mol. The first-order valence-corrected chi connectivity index (χ1v) is 10.7. The highest BCUT2D eigenvalue weighted by Crippen LogP contribution is 2.40. The summed E-state index contributed by atoms with van der Waals surface area (Å²) in [6.45, 7) is 5.55. The first kappa shape index (κ1) is 23.3. The normalized spacial score (nSPS) is 17.6. The van der Waals surface area contributed by atoms with Gasteiger partial charge in [0, 0.05) is 25.8 Å². The zero-order chi connectivity index (χ0) is 23.1. The summed E-state index contributed by atoms with van der Waals surface area (Å²) in [5, 5.41) is 11.1. The van der Waals surface area contributed by atoms with Crippen molar-refractivity contribution in [1.29, 1.82) is 0 Å². The largest absolute Gasteiger partial charge is 0.507 e. The molecule has 1 atom stereocenters. The van der Waals surface area contributed by atoms with Gasteiger partial charge in [-0.3, -0.25) is 9.59 Å². The molecule has 1 aliphatic heterocycles. The number of likely N-dealkylation sites (tertiary alicyclic amines) is 1. The highest BCUT2D eigenvalue weighted by Gasteiger charge is 2.45. The third-order valence-electron chi connectivity index (χ3n) is 5.21. The molecule has 0 spiro atoms. The number of methoxy groups -OCH3 is 1. The van der Waals surface area contributed by atoms with Crippen LogP contribution in [0.2, 0.25) is 0 Å². The molecule has 3 rings (SSSR count). The van der Waals surface area contributed by atoms with E-state index in [1.807, 2.05) is 26.0 Å². The Morgan fingerprint density at radius 1 is 1.00 bits per heavy atom. The lowest BCUT2D eigenvalue weighted by atomic mass is 9.95. The van der Waals surface area contributed by atoms with Crippen LogP contribution in [0, 0.1) is 0 Å². The first-order valence-electron chi connectivity index (χ1n) is 10.7. The van der Waals surface area contributed by atoms with Crippen molar-refractivity contribution in [2.45, 2.75) is 26.3 Å². The lowest BCUT2D eigenvalue weighted by Gasteiger charge is -2.25. The van der Waals surface area contributed by atoms with Crippen LogP contribution in [0.5, 0.6) is 11.5 Å². The van der Waals surface area contributed by atoms with Crippen LogP contribution < -0.4 is 9.47 Å². The molecule has 1 aliphatic rings. The van der Waals surface area contributed by atoms with Gasteiger partial charge >= 0.3 is 0 Å². The topological polar surface area (TPSA) is 85.3 Å². The van der Waals surface area contributed by atoms with Crippen LogP contribution in [0.3, 0.4) is 0 Å². The predicted molar refractivity (Wildman–Crippen MR) is 121 cm³/mol. The molecule has 2 aromatic carbocycles. The van der Waals surface area contributed by atoms with Crippen molar-refractivity contribution in [1.82, 2.24) is 4.90 Å².